The Morgan fingerprint density at radius 3 is 2.58 bits per heavy atom. The van der Waals surface area contributed by atoms with Crippen LogP contribution in [-0.4, -0.2) is 79.0 Å². The number of hydrogen-bond acceptors (Lipinski definition) is 8. The number of anilines is 2. The van der Waals surface area contributed by atoms with E-state index in [4.69, 9.17) is 15.8 Å². The number of allylic oxidation sites excluding steroid dienone is 3. The molecule has 0 radical (unpaired) electrons. The van der Waals surface area contributed by atoms with E-state index in [1.807, 2.05) is 18.2 Å². The van der Waals surface area contributed by atoms with Gasteiger partial charge in [0.25, 0.3) is 0 Å². The molecule has 3 aliphatic rings. The van der Waals surface area contributed by atoms with E-state index < -0.39 is 0 Å². The molecule has 1 saturated heterocycles. The molecule has 1 saturated carbocycles. The fraction of sp³-hybridized carbons (Fsp3) is 0.467. The largest absolute Gasteiger partial charge is 0.383 e. The zero-order valence-electron chi connectivity index (χ0n) is 23.3. The Morgan fingerprint density at radius 2 is 1.77 bits per heavy atom. The van der Waals surface area contributed by atoms with Crippen LogP contribution in [0, 0.1) is 5.92 Å². The summed E-state index contributed by atoms with van der Waals surface area (Å²) < 4.78 is 2.16. The quantitative estimate of drug-likeness (QED) is 0.344. The molecule has 2 aliphatic carbocycles. The molecule has 40 heavy (non-hydrogen) atoms. The second-order valence-corrected chi connectivity index (χ2v) is 11.7. The third-order valence-electron chi connectivity index (χ3n) is 9.15. The van der Waals surface area contributed by atoms with E-state index in [0.29, 0.717) is 17.9 Å². The van der Waals surface area contributed by atoms with Crippen molar-refractivity contribution in [3.63, 3.8) is 0 Å². The van der Waals surface area contributed by atoms with Crippen molar-refractivity contribution in [3.8, 4) is 0 Å². The number of aromatic nitrogens is 6. The number of nitrogens with one attached hydrogen (secondary N) is 2. The molecule has 0 amide bonds. The van der Waals surface area contributed by atoms with Crippen molar-refractivity contribution in [1.29, 1.82) is 0 Å². The number of nitrogens with zero attached hydrogens (tertiary/aromatic N) is 7. The molecule has 0 spiro atoms. The average molecular weight is 539 g/mol. The highest BCUT2D eigenvalue weighted by Gasteiger charge is 2.32. The number of nitrogen functional groups attached to an aromatic ring is 1. The topological polar surface area (TPSA) is 117 Å². The Morgan fingerprint density at radius 1 is 1.00 bits per heavy atom. The number of aromatic amines is 1. The second-order valence-electron chi connectivity index (χ2n) is 11.7. The summed E-state index contributed by atoms with van der Waals surface area (Å²) >= 11 is 0. The maximum Gasteiger partial charge on any atom is 0.163 e. The van der Waals surface area contributed by atoms with E-state index in [0.717, 1.165) is 52.0 Å². The number of nitrogens with two attached hydrogens (primary N) is 1. The molecule has 208 valence electrons. The first-order valence-electron chi connectivity index (χ1n) is 14.6. The lowest BCUT2D eigenvalue weighted by molar-refractivity contribution is 0.0814. The van der Waals surface area contributed by atoms with E-state index in [-0.39, 0.29) is 11.8 Å². The molecule has 4 N–H and O–H groups in total. The van der Waals surface area contributed by atoms with Gasteiger partial charge in [-0.3, -0.25) is 10.00 Å². The van der Waals surface area contributed by atoms with Crippen LogP contribution in [-0.2, 0) is 0 Å². The summed E-state index contributed by atoms with van der Waals surface area (Å²) in [6.45, 7) is 6.92. The lowest BCUT2D eigenvalue weighted by Crippen LogP contribution is -2.49. The van der Waals surface area contributed by atoms with Crippen molar-refractivity contribution in [2.24, 2.45) is 5.92 Å². The van der Waals surface area contributed by atoms with Gasteiger partial charge in [-0.15, -0.1) is 0 Å². The first-order valence-corrected chi connectivity index (χ1v) is 14.6. The van der Waals surface area contributed by atoms with E-state index in [1.54, 1.807) is 6.33 Å². The number of fused-ring (bicyclic) bond motifs is 2. The minimum atomic E-state index is 0.0835. The molecule has 2 unspecified atom stereocenters. The molecule has 1 aliphatic heterocycles. The molecular weight excluding hydrogens is 500 g/mol. The molecular formula is C30H38N10. The molecule has 4 aromatic rings. The van der Waals surface area contributed by atoms with Gasteiger partial charge in [-0.05, 0) is 56.9 Å². The lowest BCUT2D eigenvalue weighted by atomic mass is 9.85. The summed E-state index contributed by atoms with van der Waals surface area (Å²) in [5.74, 6) is 1.63. The van der Waals surface area contributed by atoms with Gasteiger partial charge in [0.2, 0.25) is 0 Å². The fourth-order valence-corrected chi connectivity index (χ4v) is 6.81. The van der Waals surface area contributed by atoms with Gasteiger partial charge in [0.1, 0.15) is 12.1 Å². The molecule has 10 nitrogen and oxygen atoms in total. The van der Waals surface area contributed by atoms with Crippen LogP contribution < -0.4 is 11.1 Å². The van der Waals surface area contributed by atoms with Gasteiger partial charge in [0.05, 0.1) is 22.6 Å². The SMILES string of the molecule is CC1C=C(Nc2n[nH]c3ccccc23)C=CC1c1nn(C2CCC(N3CCN(C)CC3)CC2)c2ncnc(N)c12. The van der Waals surface area contributed by atoms with Gasteiger partial charge in [-0.1, -0.05) is 31.2 Å². The number of para-hydroxylation sites is 1. The zero-order chi connectivity index (χ0) is 27.2. The van der Waals surface area contributed by atoms with Crippen molar-refractivity contribution in [3.05, 3.63) is 60.2 Å². The van der Waals surface area contributed by atoms with Gasteiger partial charge in [-0.25, -0.2) is 14.6 Å². The standard InChI is InChI=1S/C30H38N10/c1-19-17-20(34-29-24-5-3-4-6-25(24)35-36-29)7-12-23(19)27-26-28(31)32-18-33-30(26)40(37-27)22-10-8-21(9-11-22)39-15-13-38(2)14-16-39/h3-7,12,17-19,21-23H,8-11,13-16H2,1-2H3,(H2,31,32,33)(H2,34,35,36). The predicted octanol–water partition coefficient (Wildman–Crippen LogP) is 4.30. The summed E-state index contributed by atoms with van der Waals surface area (Å²) in [6, 6.07) is 9.15. The third-order valence-corrected chi connectivity index (χ3v) is 9.15. The van der Waals surface area contributed by atoms with Gasteiger partial charge >= 0.3 is 0 Å². The maximum atomic E-state index is 6.47. The molecule has 3 aromatic heterocycles. The molecule has 7 rings (SSSR count). The van der Waals surface area contributed by atoms with E-state index in [2.05, 4.69) is 73.2 Å². The fourth-order valence-electron chi connectivity index (χ4n) is 6.81. The Kier molecular flexibility index (Phi) is 6.51. The van der Waals surface area contributed by atoms with Crippen LogP contribution in [0.2, 0.25) is 0 Å². The molecule has 2 atom stereocenters. The first kappa shape index (κ1) is 25.2. The number of benzene rings is 1. The second kappa shape index (κ2) is 10.3. The summed E-state index contributed by atoms with van der Waals surface area (Å²) in [4.78, 5) is 14.2. The van der Waals surface area contributed by atoms with Crippen LogP contribution in [0.15, 0.2) is 54.5 Å². The summed E-state index contributed by atoms with van der Waals surface area (Å²) in [7, 11) is 2.22. The van der Waals surface area contributed by atoms with Crippen LogP contribution >= 0.6 is 0 Å². The molecule has 1 aromatic carbocycles. The number of likely N-dealkylation sites (N-methyl/N-ethyl adjacent to an activating group) is 1. The highest BCUT2D eigenvalue weighted by Crippen LogP contribution is 2.40. The van der Waals surface area contributed by atoms with Gasteiger partial charge in [0, 0.05) is 49.2 Å². The van der Waals surface area contributed by atoms with Crippen molar-refractivity contribution >= 4 is 33.6 Å². The normalized spacial score (nSPS) is 26.4. The minimum absolute atomic E-state index is 0.0835. The molecule has 0 bridgehead atoms. The lowest BCUT2D eigenvalue weighted by Gasteiger charge is -2.41. The summed E-state index contributed by atoms with van der Waals surface area (Å²) in [6.07, 6.45) is 12.8. The van der Waals surface area contributed by atoms with Crippen molar-refractivity contribution in [1.82, 2.24) is 39.7 Å². The van der Waals surface area contributed by atoms with Gasteiger partial charge in [0.15, 0.2) is 11.5 Å². The molecule has 10 heteroatoms. The third kappa shape index (κ3) is 4.54. The smallest absolute Gasteiger partial charge is 0.163 e. The maximum absolute atomic E-state index is 6.47. The number of hydrogen-bond donors (Lipinski definition) is 3. The highest BCUT2D eigenvalue weighted by molar-refractivity contribution is 5.91. The minimum Gasteiger partial charge on any atom is -0.383 e. The van der Waals surface area contributed by atoms with Crippen molar-refractivity contribution in [2.45, 2.75) is 50.6 Å². The molecule has 2 fully saturated rings. The number of piperazine rings is 1. The Hall–Kier alpha value is -3.76. The predicted molar refractivity (Wildman–Crippen MR) is 159 cm³/mol. The van der Waals surface area contributed by atoms with E-state index in [9.17, 15) is 0 Å². The summed E-state index contributed by atoms with van der Waals surface area (Å²) in [5, 5.41) is 18.3. The van der Waals surface area contributed by atoms with E-state index in [1.165, 1.54) is 39.0 Å². The van der Waals surface area contributed by atoms with Crippen LogP contribution in [0.1, 0.15) is 50.3 Å². The van der Waals surface area contributed by atoms with Crippen LogP contribution in [0.3, 0.4) is 0 Å². The van der Waals surface area contributed by atoms with Gasteiger partial charge < -0.3 is 16.0 Å². The Labute approximate surface area is 234 Å². The monoisotopic (exact) mass is 538 g/mol. The number of H-pyrrole nitrogens is 1. The van der Waals surface area contributed by atoms with Crippen LogP contribution in [0.5, 0.6) is 0 Å². The zero-order valence-corrected chi connectivity index (χ0v) is 23.3. The van der Waals surface area contributed by atoms with Crippen molar-refractivity contribution in [2.75, 3.05) is 44.3 Å². The Balaban J connectivity index is 1.11. The van der Waals surface area contributed by atoms with Gasteiger partial charge in [-0.2, -0.15) is 10.2 Å². The molecule has 4 heterocycles. The summed E-state index contributed by atoms with van der Waals surface area (Å²) in [5.41, 5.74) is 10.3. The van der Waals surface area contributed by atoms with Crippen LogP contribution in [0.4, 0.5) is 11.6 Å². The Bertz CT molecular complexity index is 1570. The van der Waals surface area contributed by atoms with Crippen molar-refractivity contribution < 1.29 is 0 Å². The number of rotatable bonds is 5. The van der Waals surface area contributed by atoms with E-state index >= 15 is 0 Å². The average Bonchev–Trinajstić information content (AvgIpc) is 3.56. The highest BCUT2D eigenvalue weighted by atomic mass is 15.3. The first-order chi connectivity index (χ1) is 19.5. The van der Waals surface area contributed by atoms with Crippen LogP contribution in [0.25, 0.3) is 21.9 Å².